The first kappa shape index (κ1) is 23.0. The SMILES string of the molecule is CCC(C(=O)Nc1nnc(C(C)C)s1)n1nnc2sc3c(c2c1=O)CCC(C(C)(C)C)C3. The number of fused-ring (bicyclic) bond motifs is 3. The predicted octanol–water partition coefficient (Wildman–Crippen LogP) is 4.57. The van der Waals surface area contributed by atoms with E-state index in [4.69, 9.17) is 0 Å². The molecule has 0 fully saturated rings. The monoisotopic (exact) mass is 474 g/mol. The number of hydrogen-bond acceptors (Lipinski definition) is 8. The summed E-state index contributed by atoms with van der Waals surface area (Å²) in [5.74, 6) is 0.486. The molecule has 0 saturated carbocycles. The van der Waals surface area contributed by atoms with Crippen molar-refractivity contribution in [2.45, 2.75) is 79.2 Å². The lowest BCUT2D eigenvalue weighted by Gasteiger charge is -2.33. The van der Waals surface area contributed by atoms with Gasteiger partial charge in [0.25, 0.3) is 11.5 Å². The summed E-state index contributed by atoms with van der Waals surface area (Å²) in [6.07, 6.45) is 3.30. The Morgan fingerprint density at radius 1 is 1.22 bits per heavy atom. The number of carbonyl (C=O) groups excluding carboxylic acids is 1. The molecule has 10 heteroatoms. The number of hydrogen-bond donors (Lipinski definition) is 1. The molecule has 0 radical (unpaired) electrons. The van der Waals surface area contributed by atoms with E-state index in [1.807, 2.05) is 20.8 Å². The highest BCUT2D eigenvalue weighted by molar-refractivity contribution is 7.18. The summed E-state index contributed by atoms with van der Waals surface area (Å²) in [5.41, 5.74) is 1.09. The number of aromatic nitrogens is 5. The Kier molecular flexibility index (Phi) is 6.19. The number of anilines is 1. The van der Waals surface area contributed by atoms with E-state index in [1.54, 1.807) is 11.3 Å². The Labute approximate surface area is 195 Å². The summed E-state index contributed by atoms with van der Waals surface area (Å²) in [6, 6.07) is -0.757. The molecule has 1 amide bonds. The van der Waals surface area contributed by atoms with Gasteiger partial charge in [0.15, 0.2) is 4.83 Å². The largest absolute Gasteiger partial charge is 0.299 e. The Morgan fingerprint density at radius 2 is 1.97 bits per heavy atom. The van der Waals surface area contributed by atoms with Crippen LogP contribution in [0.5, 0.6) is 0 Å². The van der Waals surface area contributed by atoms with Crippen LogP contribution >= 0.6 is 22.7 Å². The molecule has 0 aromatic carbocycles. The molecule has 0 aliphatic heterocycles. The zero-order valence-corrected chi connectivity index (χ0v) is 21.1. The molecule has 32 heavy (non-hydrogen) atoms. The van der Waals surface area contributed by atoms with E-state index in [-0.39, 0.29) is 22.8 Å². The Bertz CT molecular complexity index is 1200. The van der Waals surface area contributed by atoms with Crippen LogP contribution in [0.3, 0.4) is 0 Å². The molecule has 0 saturated heterocycles. The van der Waals surface area contributed by atoms with E-state index >= 15 is 0 Å². The third kappa shape index (κ3) is 4.22. The van der Waals surface area contributed by atoms with Crippen molar-refractivity contribution in [3.63, 3.8) is 0 Å². The molecule has 3 aromatic rings. The third-order valence-electron chi connectivity index (χ3n) is 6.27. The van der Waals surface area contributed by atoms with Crippen molar-refractivity contribution in [3.8, 4) is 0 Å². The number of carbonyl (C=O) groups is 1. The third-order valence-corrected chi connectivity index (χ3v) is 8.55. The molecule has 1 aliphatic carbocycles. The molecule has 3 aromatic heterocycles. The molecule has 0 bridgehead atoms. The molecule has 1 N–H and O–H groups in total. The predicted molar refractivity (Wildman–Crippen MR) is 129 cm³/mol. The van der Waals surface area contributed by atoms with Crippen molar-refractivity contribution < 1.29 is 4.79 Å². The normalized spacial score (nSPS) is 17.5. The summed E-state index contributed by atoms with van der Waals surface area (Å²) in [7, 11) is 0. The highest BCUT2D eigenvalue weighted by Crippen LogP contribution is 2.42. The van der Waals surface area contributed by atoms with Crippen molar-refractivity contribution in [2.75, 3.05) is 5.32 Å². The van der Waals surface area contributed by atoms with Crippen molar-refractivity contribution in [3.05, 3.63) is 25.8 Å². The molecule has 3 heterocycles. The summed E-state index contributed by atoms with van der Waals surface area (Å²) in [5, 5.41) is 21.4. The number of thiophene rings is 1. The molecule has 8 nitrogen and oxygen atoms in total. The minimum Gasteiger partial charge on any atom is -0.299 e. The number of nitrogens with zero attached hydrogens (tertiary/aromatic N) is 5. The molecule has 2 atom stereocenters. The van der Waals surface area contributed by atoms with E-state index in [9.17, 15) is 9.59 Å². The zero-order valence-electron chi connectivity index (χ0n) is 19.4. The van der Waals surface area contributed by atoms with Crippen molar-refractivity contribution in [1.29, 1.82) is 0 Å². The van der Waals surface area contributed by atoms with Gasteiger partial charge in [0.05, 0.1) is 5.39 Å². The first-order chi connectivity index (χ1) is 15.1. The number of amides is 1. The van der Waals surface area contributed by atoms with Gasteiger partial charge in [0.1, 0.15) is 11.0 Å². The van der Waals surface area contributed by atoms with Gasteiger partial charge in [-0.3, -0.25) is 14.9 Å². The molecular weight excluding hydrogens is 444 g/mol. The minimum absolute atomic E-state index is 0.227. The van der Waals surface area contributed by atoms with Gasteiger partial charge in [0, 0.05) is 10.8 Å². The lowest BCUT2D eigenvalue weighted by Crippen LogP contribution is -2.35. The maximum absolute atomic E-state index is 13.5. The fourth-order valence-corrected chi connectivity index (χ4v) is 6.21. The second-order valence-electron chi connectivity index (χ2n) is 9.84. The molecular formula is C22H30N6O2S2. The highest BCUT2D eigenvalue weighted by atomic mass is 32.1. The smallest absolute Gasteiger partial charge is 0.279 e. The topological polar surface area (TPSA) is 103 Å². The number of rotatable bonds is 5. The molecule has 4 rings (SSSR count). The van der Waals surface area contributed by atoms with Gasteiger partial charge in [-0.15, -0.1) is 26.6 Å². The van der Waals surface area contributed by atoms with Crippen molar-refractivity contribution in [1.82, 2.24) is 25.2 Å². The quantitative estimate of drug-likeness (QED) is 0.581. The summed E-state index contributed by atoms with van der Waals surface area (Å²) in [4.78, 5) is 28.4. The lowest BCUT2D eigenvalue weighted by atomic mass is 9.72. The number of aryl methyl sites for hydroxylation is 1. The lowest BCUT2D eigenvalue weighted by molar-refractivity contribution is -0.119. The second kappa shape index (κ2) is 8.62. The average Bonchev–Trinajstić information content (AvgIpc) is 3.33. The van der Waals surface area contributed by atoms with Crippen LogP contribution in [0.15, 0.2) is 4.79 Å². The molecule has 172 valence electrons. The summed E-state index contributed by atoms with van der Waals surface area (Å²) in [6.45, 7) is 12.7. The van der Waals surface area contributed by atoms with E-state index in [0.29, 0.717) is 27.7 Å². The minimum atomic E-state index is -0.757. The van der Waals surface area contributed by atoms with Crippen LogP contribution in [-0.4, -0.2) is 31.1 Å². The maximum atomic E-state index is 13.5. The Hall–Kier alpha value is -2.20. The van der Waals surface area contributed by atoms with Gasteiger partial charge in [-0.1, -0.05) is 58.1 Å². The Balaban J connectivity index is 1.65. The van der Waals surface area contributed by atoms with Crippen LogP contribution in [-0.2, 0) is 17.6 Å². The molecule has 2 unspecified atom stereocenters. The van der Waals surface area contributed by atoms with Crippen molar-refractivity contribution in [2.24, 2.45) is 11.3 Å². The summed E-state index contributed by atoms with van der Waals surface area (Å²) < 4.78 is 1.24. The molecule has 0 spiro atoms. The number of nitrogens with one attached hydrogen (secondary N) is 1. The van der Waals surface area contributed by atoms with Gasteiger partial charge in [-0.25, -0.2) is 0 Å². The zero-order chi connectivity index (χ0) is 23.2. The summed E-state index contributed by atoms with van der Waals surface area (Å²) >= 11 is 2.92. The van der Waals surface area contributed by atoms with Crippen LogP contribution < -0.4 is 10.9 Å². The van der Waals surface area contributed by atoms with Gasteiger partial charge in [-0.2, -0.15) is 4.68 Å². The standard InChI is InChI=1S/C22H30N6O2S2/c1-7-14(17(29)23-21-26-24-18(32-21)11(2)3)28-20(30)16-13-9-8-12(22(4,5)6)10-15(13)31-19(16)25-27-28/h11-12,14H,7-10H2,1-6H3,(H,23,26,29). The van der Waals surface area contributed by atoms with Crippen LogP contribution in [0.1, 0.15) is 81.8 Å². The van der Waals surface area contributed by atoms with E-state index in [0.717, 1.165) is 29.8 Å². The van der Waals surface area contributed by atoms with Gasteiger partial charge in [0.2, 0.25) is 5.13 Å². The van der Waals surface area contributed by atoms with Crippen LogP contribution in [0.4, 0.5) is 5.13 Å². The van der Waals surface area contributed by atoms with Crippen LogP contribution in [0, 0.1) is 11.3 Å². The Morgan fingerprint density at radius 3 is 2.59 bits per heavy atom. The highest BCUT2D eigenvalue weighted by Gasteiger charge is 2.33. The average molecular weight is 475 g/mol. The van der Waals surface area contributed by atoms with E-state index < -0.39 is 6.04 Å². The first-order valence-corrected chi connectivity index (χ1v) is 12.8. The fourth-order valence-electron chi connectivity index (χ4n) is 4.23. The van der Waals surface area contributed by atoms with E-state index in [2.05, 4.69) is 46.6 Å². The van der Waals surface area contributed by atoms with Gasteiger partial charge >= 0.3 is 0 Å². The van der Waals surface area contributed by atoms with Crippen LogP contribution in [0.25, 0.3) is 10.2 Å². The van der Waals surface area contributed by atoms with Gasteiger partial charge < -0.3 is 0 Å². The second-order valence-corrected chi connectivity index (χ2v) is 11.9. The molecule has 1 aliphatic rings. The van der Waals surface area contributed by atoms with E-state index in [1.165, 1.54) is 20.9 Å². The fraction of sp³-hybridized carbons (Fsp3) is 0.636. The van der Waals surface area contributed by atoms with Crippen LogP contribution in [0.2, 0.25) is 0 Å². The van der Waals surface area contributed by atoms with Gasteiger partial charge in [-0.05, 0) is 42.6 Å². The van der Waals surface area contributed by atoms with Crippen molar-refractivity contribution >= 4 is 43.9 Å². The first-order valence-electron chi connectivity index (χ1n) is 11.1. The maximum Gasteiger partial charge on any atom is 0.279 e.